The SMILES string of the molecule is CCc1ccc([C@H]([NH2+]CC(=O)NC(=O)NC2CC2)C(C)C)cc1. The molecule has 23 heavy (non-hydrogen) atoms. The summed E-state index contributed by atoms with van der Waals surface area (Å²) in [5, 5.41) is 7.16. The third kappa shape index (κ3) is 5.67. The van der Waals surface area contributed by atoms with Crippen molar-refractivity contribution in [3.63, 3.8) is 0 Å². The second kappa shape index (κ2) is 8.11. The molecule has 1 fully saturated rings. The van der Waals surface area contributed by atoms with Crippen LogP contribution in [0.1, 0.15) is 50.8 Å². The molecule has 1 aliphatic rings. The molecule has 5 nitrogen and oxygen atoms in total. The first-order valence-corrected chi connectivity index (χ1v) is 8.52. The third-order valence-corrected chi connectivity index (χ3v) is 4.21. The maximum Gasteiger partial charge on any atom is 0.321 e. The number of carbonyl (C=O) groups excluding carboxylic acids is 2. The fourth-order valence-electron chi connectivity index (χ4n) is 2.63. The van der Waals surface area contributed by atoms with E-state index in [2.05, 4.69) is 55.7 Å². The maximum absolute atomic E-state index is 11.9. The van der Waals surface area contributed by atoms with Crippen LogP contribution in [0.4, 0.5) is 4.79 Å². The number of aryl methyl sites for hydroxylation is 1. The van der Waals surface area contributed by atoms with Gasteiger partial charge in [0.25, 0.3) is 5.91 Å². The van der Waals surface area contributed by atoms with E-state index in [1.807, 2.05) is 5.32 Å². The van der Waals surface area contributed by atoms with Gasteiger partial charge in [-0.25, -0.2) is 4.79 Å². The Balaban J connectivity index is 1.85. The molecule has 1 atom stereocenters. The highest BCUT2D eigenvalue weighted by molar-refractivity contribution is 5.94. The summed E-state index contributed by atoms with van der Waals surface area (Å²) < 4.78 is 0. The number of nitrogens with two attached hydrogens (primary N) is 1. The summed E-state index contributed by atoms with van der Waals surface area (Å²) in [7, 11) is 0. The van der Waals surface area contributed by atoms with Crippen LogP contribution in [0, 0.1) is 5.92 Å². The molecule has 0 radical (unpaired) electrons. The Labute approximate surface area is 138 Å². The minimum absolute atomic E-state index is 0.207. The van der Waals surface area contributed by atoms with E-state index in [1.165, 1.54) is 11.1 Å². The molecule has 0 unspecified atom stereocenters. The first kappa shape index (κ1) is 17.5. The molecule has 1 saturated carbocycles. The number of urea groups is 1. The highest BCUT2D eigenvalue weighted by atomic mass is 16.2. The van der Waals surface area contributed by atoms with E-state index in [0.29, 0.717) is 5.92 Å². The molecule has 0 spiro atoms. The largest absolute Gasteiger partial charge is 0.335 e. The van der Waals surface area contributed by atoms with Gasteiger partial charge in [0.15, 0.2) is 6.54 Å². The fraction of sp³-hybridized carbons (Fsp3) is 0.556. The van der Waals surface area contributed by atoms with Crippen LogP contribution in [0.2, 0.25) is 0 Å². The molecule has 0 bridgehead atoms. The van der Waals surface area contributed by atoms with Gasteiger partial charge in [-0.1, -0.05) is 45.0 Å². The van der Waals surface area contributed by atoms with Gasteiger partial charge >= 0.3 is 6.03 Å². The molecule has 1 aliphatic carbocycles. The Morgan fingerprint density at radius 3 is 2.39 bits per heavy atom. The number of quaternary nitrogens is 1. The number of hydrogen-bond donors (Lipinski definition) is 3. The molecule has 0 saturated heterocycles. The number of imide groups is 1. The van der Waals surface area contributed by atoms with Gasteiger partial charge in [0, 0.05) is 17.5 Å². The van der Waals surface area contributed by atoms with Crippen molar-refractivity contribution < 1.29 is 14.9 Å². The summed E-state index contributed by atoms with van der Waals surface area (Å²) in [4.78, 5) is 23.5. The zero-order valence-electron chi connectivity index (χ0n) is 14.3. The van der Waals surface area contributed by atoms with Crippen molar-refractivity contribution in [1.29, 1.82) is 0 Å². The van der Waals surface area contributed by atoms with Crippen LogP contribution >= 0.6 is 0 Å². The van der Waals surface area contributed by atoms with Crippen molar-refractivity contribution in [2.24, 2.45) is 5.92 Å². The quantitative estimate of drug-likeness (QED) is 0.713. The zero-order valence-corrected chi connectivity index (χ0v) is 14.3. The number of nitrogens with one attached hydrogen (secondary N) is 2. The van der Waals surface area contributed by atoms with Gasteiger partial charge in [0.05, 0.1) is 0 Å². The average molecular weight is 318 g/mol. The number of rotatable bonds is 7. The Kier molecular flexibility index (Phi) is 6.16. The molecular weight excluding hydrogens is 290 g/mol. The molecule has 1 aromatic rings. The van der Waals surface area contributed by atoms with E-state index in [4.69, 9.17) is 0 Å². The number of benzene rings is 1. The van der Waals surface area contributed by atoms with E-state index in [9.17, 15) is 9.59 Å². The minimum atomic E-state index is -0.376. The Morgan fingerprint density at radius 1 is 1.22 bits per heavy atom. The fourth-order valence-corrected chi connectivity index (χ4v) is 2.63. The van der Waals surface area contributed by atoms with Crippen LogP contribution < -0.4 is 16.0 Å². The van der Waals surface area contributed by atoms with Crippen LogP contribution in [0.25, 0.3) is 0 Å². The van der Waals surface area contributed by atoms with Crippen molar-refractivity contribution in [2.45, 2.75) is 52.1 Å². The summed E-state index contributed by atoms with van der Waals surface area (Å²) in [5.74, 6) is 0.148. The normalized spacial score (nSPS) is 15.3. The van der Waals surface area contributed by atoms with Crippen molar-refractivity contribution in [2.75, 3.05) is 6.54 Å². The second-order valence-corrected chi connectivity index (χ2v) is 6.60. The molecule has 0 aliphatic heterocycles. The average Bonchev–Trinajstić information content (AvgIpc) is 3.31. The number of amides is 3. The predicted octanol–water partition coefficient (Wildman–Crippen LogP) is 1.50. The van der Waals surface area contributed by atoms with Gasteiger partial charge in [0.1, 0.15) is 6.04 Å². The lowest BCUT2D eigenvalue weighted by atomic mass is 9.95. The molecular formula is C18H28N3O2+. The molecule has 0 aromatic heterocycles. The van der Waals surface area contributed by atoms with Gasteiger partial charge in [0.2, 0.25) is 0 Å². The first-order valence-electron chi connectivity index (χ1n) is 8.52. The number of hydrogen-bond acceptors (Lipinski definition) is 2. The zero-order chi connectivity index (χ0) is 16.8. The summed E-state index contributed by atoms with van der Waals surface area (Å²) >= 11 is 0. The molecule has 126 valence electrons. The topological polar surface area (TPSA) is 74.8 Å². The maximum atomic E-state index is 11.9. The van der Waals surface area contributed by atoms with Crippen LogP contribution in [0.5, 0.6) is 0 Å². The highest BCUT2D eigenvalue weighted by Gasteiger charge is 2.25. The summed E-state index contributed by atoms with van der Waals surface area (Å²) in [6, 6.07) is 8.64. The summed E-state index contributed by atoms with van der Waals surface area (Å²) in [6.45, 7) is 6.67. The standard InChI is InChI=1S/C18H27N3O2/c1-4-13-5-7-14(8-6-13)17(12(2)3)19-11-16(22)21-18(23)20-15-9-10-15/h5-8,12,15,17,19H,4,9-11H2,1-3H3,(H2,20,21,22,23)/p+1/t17-/m1/s1. The van der Waals surface area contributed by atoms with Crippen molar-refractivity contribution >= 4 is 11.9 Å². The minimum Gasteiger partial charge on any atom is -0.335 e. The van der Waals surface area contributed by atoms with Gasteiger partial charge in [-0.05, 0) is 24.8 Å². The van der Waals surface area contributed by atoms with Crippen LogP contribution in [0.15, 0.2) is 24.3 Å². The highest BCUT2D eigenvalue weighted by Crippen LogP contribution is 2.19. The Hall–Kier alpha value is -1.88. The van der Waals surface area contributed by atoms with Crippen LogP contribution in [-0.2, 0) is 11.2 Å². The third-order valence-electron chi connectivity index (χ3n) is 4.21. The second-order valence-electron chi connectivity index (χ2n) is 6.60. The van der Waals surface area contributed by atoms with E-state index in [1.54, 1.807) is 0 Å². The molecule has 0 heterocycles. The molecule has 5 heteroatoms. The van der Waals surface area contributed by atoms with Crippen LogP contribution in [0.3, 0.4) is 0 Å². The monoisotopic (exact) mass is 318 g/mol. The van der Waals surface area contributed by atoms with E-state index >= 15 is 0 Å². The van der Waals surface area contributed by atoms with Gasteiger partial charge in [-0.3, -0.25) is 10.1 Å². The lowest BCUT2D eigenvalue weighted by Crippen LogP contribution is -2.88. The smallest absolute Gasteiger partial charge is 0.321 e. The number of carbonyl (C=O) groups is 2. The van der Waals surface area contributed by atoms with E-state index in [0.717, 1.165) is 19.3 Å². The Morgan fingerprint density at radius 2 is 1.87 bits per heavy atom. The van der Waals surface area contributed by atoms with Crippen molar-refractivity contribution in [3.05, 3.63) is 35.4 Å². The molecule has 2 rings (SSSR count). The van der Waals surface area contributed by atoms with E-state index in [-0.39, 0.29) is 30.6 Å². The van der Waals surface area contributed by atoms with E-state index < -0.39 is 0 Å². The van der Waals surface area contributed by atoms with Crippen LogP contribution in [-0.4, -0.2) is 24.5 Å². The molecule has 4 N–H and O–H groups in total. The lowest BCUT2D eigenvalue weighted by molar-refractivity contribution is -0.692. The van der Waals surface area contributed by atoms with Gasteiger partial charge in [-0.15, -0.1) is 0 Å². The molecule has 3 amide bonds. The van der Waals surface area contributed by atoms with Crippen molar-refractivity contribution in [3.8, 4) is 0 Å². The van der Waals surface area contributed by atoms with Gasteiger partial charge < -0.3 is 10.6 Å². The molecule has 1 aromatic carbocycles. The Bertz CT molecular complexity index is 536. The van der Waals surface area contributed by atoms with Gasteiger partial charge in [-0.2, -0.15) is 0 Å². The summed E-state index contributed by atoms with van der Waals surface area (Å²) in [6.07, 6.45) is 3.04. The lowest BCUT2D eigenvalue weighted by Gasteiger charge is -2.19. The predicted molar refractivity (Wildman–Crippen MR) is 89.9 cm³/mol. The summed E-state index contributed by atoms with van der Waals surface area (Å²) in [5.41, 5.74) is 2.53. The first-order chi connectivity index (χ1) is 11.0. The van der Waals surface area contributed by atoms with Crippen molar-refractivity contribution in [1.82, 2.24) is 10.6 Å².